The molecule has 110 valence electrons. The van der Waals surface area contributed by atoms with Gasteiger partial charge in [0, 0.05) is 18.0 Å². The molecule has 1 aromatic heterocycles. The van der Waals surface area contributed by atoms with Crippen molar-refractivity contribution >= 4 is 16.8 Å². The van der Waals surface area contributed by atoms with Crippen LogP contribution >= 0.6 is 0 Å². The number of nitrogens with one attached hydrogen (secondary N) is 1. The first-order valence-corrected chi connectivity index (χ1v) is 7.51. The maximum absolute atomic E-state index is 12.5. The van der Waals surface area contributed by atoms with Gasteiger partial charge in [0.05, 0.1) is 5.52 Å². The van der Waals surface area contributed by atoms with Crippen molar-refractivity contribution in [3.05, 3.63) is 40.2 Å². The highest BCUT2D eigenvalue weighted by Gasteiger charge is 2.22. The first-order valence-electron chi connectivity index (χ1n) is 7.51. The third kappa shape index (κ3) is 2.55. The molecule has 1 N–H and O–H groups in total. The van der Waals surface area contributed by atoms with E-state index in [4.69, 9.17) is 0 Å². The Kier molecular flexibility index (Phi) is 3.73. The summed E-state index contributed by atoms with van der Waals surface area (Å²) in [5.74, 6) is -0.347. The van der Waals surface area contributed by atoms with Gasteiger partial charge in [-0.15, -0.1) is 0 Å². The lowest BCUT2D eigenvalue weighted by Gasteiger charge is -2.13. The Morgan fingerprint density at radius 3 is 2.76 bits per heavy atom. The number of amides is 1. The molecule has 0 radical (unpaired) electrons. The molecule has 5 heteroatoms. The van der Waals surface area contributed by atoms with Gasteiger partial charge in [0.25, 0.3) is 5.91 Å². The molecule has 1 saturated carbocycles. The number of para-hydroxylation sites is 1. The molecule has 2 aromatic rings. The first-order chi connectivity index (χ1) is 10.2. The zero-order valence-corrected chi connectivity index (χ0v) is 12.1. The second-order valence-electron chi connectivity index (χ2n) is 5.47. The zero-order chi connectivity index (χ0) is 14.8. The summed E-state index contributed by atoms with van der Waals surface area (Å²) in [5, 5.41) is 7.74. The van der Waals surface area contributed by atoms with E-state index < -0.39 is 0 Å². The lowest BCUT2D eigenvalue weighted by atomic mass is 10.2. The molecule has 0 saturated heterocycles. The van der Waals surface area contributed by atoms with Crippen molar-refractivity contribution in [3.8, 4) is 0 Å². The number of rotatable bonds is 3. The Hall–Kier alpha value is -2.17. The van der Waals surface area contributed by atoms with Crippen LogP contribution in [0.5, 0.6) is 0 Å². The number of aromatic nitrogens is 2. The van der Waals surface area contributed by atoms with Crippen LogP contribution in [0.25, 0.3) is 10.9 Å². The van der Waals surface area contributed by atoms with Crippen molar-refractivity contribution in [1.82, 2.24) is 15.1 Å². The van der Waals surface area contributed by atoms with Gasteiger partial charge in [-0.2, -0.15) is 5.10 Å². The SMILES string of the molecule is CCn1nc(C(=O)NC2CCCC2)c(=O)c2ccccc21. The zero-order valence-electron chi connectivity index (χ0n) is 12.1. The molecule has 21 heavy (non-hydrogen) atoms. The summed E-state index contributed by atoms with van der Waals surface area (Å²) >= 11 is 0. The molecule has 1 aliphatic carbocycles. The normalized spacial score (nSPS) is 15.5. The van der Waals surface area contributed by atoms with Crippen molar-refractivity contribution in [2.24, 2.45) is 0 Å². The largest absolute Gasteiger partial charge is 0.348 e. The second-order valence-corrected chi connectivity index (χ2v) is 5.47. The Morgan fingerprint density at radius 1 is 1.33 bits per heavy atom. The van der Waals surface area contributed by atoms with E-state index in [0.29, 0.717) is 11.9 Å². The molecule has 1 heterocycles. The van der Waals surface area contributed by atoms with Crippen LogP contribution in [0.15, 0.2) is 29.1 Å². The van der Waals surface area contributed by atoms with Crippen molar-refractivity contribution in [1.29, 1.82) is 0 Å². The van der Waals surface area contributed by atoms with E-state index in [1.54, 1.807) is 10.7 Å². The summed E-state index contributed by atoms with van der Waals surface area (Å²) in [6.07, 6.45) is 4.24. The Balaban J connectivity index is 2.03. The number of hydrogen-bond acceptors (Lipinski definition) is 3. The van der Waals surface area contributed by atoms with Crippen molar-refractivity contribution in [2.45, 2.75) is 45.2 Å². The number of benzene rings is 1. The second kappa shape index (κ2) is 5.68. The highest BCUT2D eigenvalue weighted by atomic mass is 16.2. The van der Waals surface area contributed by atoms with Gasteiger partial charge in [0.15, 0.2) is 5.69 Å². The predicted molar refractivity (Wildman–Crippen MR) is 81.4 cm³/mol. The quantitative estimate of drug-likeness (QED) is 0.939. The van der Waals surface area contributed by atoms with E-state index in [2.05, 4.69) is 10.4 Å². The summed E-state index contributed by atoms with van der Waals surface area (Å²) in [6, 6.07) is 7.46. The fourth-order valence-corrected chi connectivity index (χ4v) is 2.95. The van der Waals surface area contributed by atoms with Gasteiger partial charge in [-0.1, -0.05) is 25.0 Å². The molecule has 1 amide bonds. The van der Waals surface area contributed by atoms with Gasteiger partial charge < -0.3 is 5.32 Å². The average molecular weight is 285 g/mol. The van der Waals surface area contributed by atoms with Crippen LogP contribution in [0.2, 0.25) is 0 Å². The lowest BCUT2D eigenvalue weighted by Crippen LogP contribution is -2.37. The number of fused-ring (bicyclic) bond motifs is 1. The molecule has 0 atom stereocenters. The molecule has 1 fully saturated rings. The third-order valence-corrected chi connectivity index (χ3v) is 4.07. The summed E-state index contributed by atoms with van der Waals surface area (Å²) in [7, 11) is 0. The van der Waals surface area contributed by atoms with E-state index in [0.717, 1.165) is 31.2 Å². The molecule has 0 spiro atoms. The fraction of sp³-hybridized carbons (Fsp3) is 0.438. The molecule has 0 aliphatic heterocycles. The Bertz CT molecular complexity index is 730. The van der Waals surface area contributed by atoms with Crippen molar-refractivity contribution in [2.75, 3.05) is 0 Å². The lowest BCUT2D eigenvalue weighted by molar-refractivity contribution is 0.0929. The van der Waals surface area contributed by atoms with Gasteiger partial charge in [-0.25, -0.2) is 0 Å². The predicted octanol–water partition coefficient (Wildman–Crippen LogP) is 2.09. The van der Waals surface area contributed by atoms with Crippen molar-refractivity contribution < 1.29 is 4.79 Å². The monoisotopic (exact) mass is 285 g/mol. The van der Waals surface area contributed by atoms with Gasteiger partial charge in [0.1, 0.15) is 0 Å². The maximum atomic E-state index is 12.5. The number of hydrogen-bond donors (Lipinski definition) is 1. The highest BCUT2D eigenvalue weighted by Crippen LogP contribution is 2.18. The van der Waals surface area contributed by atoms with Crippen LogP contribution in [-0.2, 0) is 6.54 Å². The van der Waals surface area contributed by atoms with E-state index in [1.807, 2.05) is 25.1 Å². The number of carbonyl (C=O) groups is 1. The van der Waals surface area contributed by atoms with E-state index in [1.165, 1.54) is 0 Å². The summed E-state index contributed by atoms with van der Waals surface area (Å²) in [5.41, 5.74) is 0.482. The maximum Gasteiger partial charge on any atom is 0.276 e. The minimum absolute atomic E-state index is 0.00227. The van der Waals surface area contributed by atoms with E-state index >= 15 is 0 Å². The van der Waals surface area contributed by atoms with E-state index in [9.17, 15) is 9.59 Å². The van der Waals surface area contributed by atoms with E-state index in [-0.39, 0.29) is 23.1 Å². The molecule has 1 aliphatic rings. The molecule has 0 bridgehead atoms. The molecule has 3 rings (SSSR count). The van der Waals surface area contributed by atoms with Crippen LogP contribution in [0.4, 0.5) is 0 Å². The number of nitrogens with zero attached hydrogens (tertiary/aromatic N) is 2. The summed E-state index contributed by atoms with van der Waals surface area (Å²) < 4.78 is 1.71. The summed E-state index contributed by atoms with van der Waals surface area (Å²) in [6.45, 7) is 2.56. The number of carbonyl (C=O) groups excluding carboxylic acids is 1. The molecular weight excluding hydrogens is 266 g/mol. The van der Waals surface area contributed by atoms with Crippen LogP contribution < -0.4 is 10.7 Å². The molecule has 5 nitrogen and oxygen atoms in total. The Morgan fingerprint density at radius 2 is 2.05 bits per heavy atom. The minimum Gasteiger partial charge on any atom is -0.348 e. The Labute approximate surface area is 123 Å². The molecule has 0 unspecified atom stereocenters. The first kappa shape index (κ1) is 13.8. The summed E-state index contributed by atoms with van der Waals surface area (Å²) in [4.78, 5) is 24.8. The minimum atomic E-state index is -0.347. The van der Waals surface area contributed by atoms with Gasteiger partial charge in [0.2, 0.25) is 5.43 Å². The van der Waals surface area contributed by atoms with Crippen LogP contribution in [0.1, 0.15) is 43.1 Å². The third-order valence-electron chi connectivity index (χ3n) is 4.07. The standard InChI is InChI=1S/C16H19N3O2/c1-2-19-13-10-6-5-9-12(13)15(20)14(18-19)16(21)17-11-7-3-4-8-11/h5-6,9-11H,2-4,7-8H2,1H3,(H,17,21). The highest BCUT2D eigenvalue weighted by molar-refractivity contribution is 5.95. The van der Waals surface area contributed by atoms with Crippen LogP contribution in [0.3, 0.4) is 0 Å². The number of aryl methyl sites for hydroxylation is 1. The average Bonchev–Trinajstić information content (AvgIpc) is 3.01. The van der Waals surface area contributed by atoms with Crippen LogP contribution in [-0.4, -0.2) is 21.7 Å². The van der Waals surface area contributed by atoms with Gasteiger partial charge in [-0.3, -0.25) is 14.3 Å². The topological polar surface area (TPSA) is 64.0 Å². The fourth-order valence-electron chi connectivity index (χ4n) is 2.95. The van der Waals surface area contributed by atoms with Crippen molar-refractivity contribution in [3.63, 3.8) is 0 Å². The van der Waals surface area contributed by atoms with Crippen LogP contribution in [0, 0.1) is 0 Å². The smallest absolute Gasteiger partial charge is 0.276 e. The molecule has 1 aromatic carbocycles. The van der Waals surface area contributed by atoms with Gasteiger partial charge >= 0.3 is 0 Å². The van der Waals surface area contributed by atoms with Gasteiger partial charge in [-0.05, 0) is 31.9 Å². The molecular formula is C16H19N3O2.